The maximum atomic E-state index is 11.9. The predicted octanol–water partition coefficient (Wildman–Crippen LogP) is 2.96. The van der Waals surface area contributed by atoms with Gasteiger partial charge in [0.25, 0.3) is 5.56 Å². The monoisotopic (exact) mass is 398 g/mol. The zero-order chi connectivity index (χ0) is 19.8. The van der Waals surface area contributed by atoms with Crippen molar-refractivity contribution >= 4 is 39.6 Å². The maximum Gasteiger partial charge on any atom is 0.272 e. The van der Waals surface area contributed by atoms with E-state index in [4.69, 9.17) is 0 Å². The first-order valence-electron chi connectivity index (χ1n) is 9.20. The fraction of sp³-hybridized carbons (Fsp3) is 0.300. The number of fused-ring (bicyclic) bond motifs is 1. The van der Waals surface area contributed by atoms with E-state index in [0.717, 1.165) is 16.7 Å². The highest BCUT2D eigenvalue weighted by molar-refractivity contribution is 7.12. The van der Waals surface area contributed by atoms with E-state index in [1.54, 1.807) is 12.1 Å². The van der Waals surface area contributed by atoms with Crippen molar-refractivity contribution in [3.8, 4) is 0 Å². The standard InChI is InChI=1S/C20H22N4O3S/c25-16(17-9-4-13-28-17)8-3-10-18(26)21-11-5-12-22-19-14-6-1-2-7-15(14)20(27)24-23-19/h1-2,4,6-7,9,13H,3,5,8,10-12H2,(H,21,26)(H,22,23)(H,24,27). The van der Waals surface area contributed by atoms with Gasteiger partial charge in [-0.2, -0.15) is 5.10 Å². The Morgan fingerprint density at radius 3 is 2.61 bits per heavy atom. The number of carbonyl (C=O) groups excluding carboxylic acids is 2. The van der Waals surface area contributed by atoms with E-state index in [9.17, 15) is 14.4 Å². The largest absolute Gasteiger partial charge is 0.368 e. The third kappa shape index (κ3) is 5.26. The lowest BCUT2D eigenvalue weighted by molar-refractivity contribution is -0.121. The van der Waals surface area contributed by atoms with Gasteiger partial charge < -0.3 is 10.6 Å². The van der Waals surface area contributed by atoms with E-state index in [1.165, 1.54) is 11.3 Å². The molecular weight excluding hydrogens is 376 g/mol. The molecule has 0 radical (unpaired) electrons. The topological polar surface area (TPSA) is 104 Å². The van der Waals surface area contributed by atoms with Gasteiger partial charge in [0, 0.05) is 31.3 Å². The summed E-state index contributed by atoms with van der Waals surface area (Å²) in [7, 11) is 0. The molecule has 0 saturated carbocycles. The van der Waals surface area contributed by atoms with Crippen molar-refractivity contribution < 1.29 is 9.59 Å². The highest BCUT2D eigenvalue weighted by atomic mass is 32.1. The van der Waals surface area contributed by atoms with Crippen LogP contribution in [0, 0.1) is 0 Å². The van der Waals surface area contributed by atoms with E-state index >= 15 is 0 Å². The van der Waals surface area contributed by atoms with Crippen LogP contribution in [0.5, 0.6) is 0 Å². The fourth-order valence-electron chi connectivity index (χ4n) is 2.83. The van der Waals surface area contributed by atoms with E-state index < -0.39 is 0 Å². The minimum atomic E-state index is -0.217. The number of aromatic amines is 1. The number of rotatable bonds is 10. The van der Waals surface area contributed by atoms with Gasteiger partial charge in [-0.3, -0.25) is 14.4 Å². The minimum absolute atomic E-state index is 0.0494. The fourth-order valence-corrected chi connectivity index (χ4v) is 3.53. The smallest absolute Gasteiger partial charge is 0.272 e. The van der Waals surface area contributed by atoms with Crippen molar-refractivity contribution in [2.75, 3.05) is 18.4 Å². The number of hydrogen-bond acceptors (Lipinski definition) is 6. The average molecular weight is 398 g/mol. The highest BCUT2D eigenvalue weighted by Gasteiger charge is 2.08. The van der Waals surface area contributed by atoms with Gasteiger partial charge in [-0.05, 0) is 30.4 Å². The first kappa shape index (κ1) is 19.8. The van der Waals surface area contributed by atoms with Crippen molar-refractivity contribution in [1.82, 2.24) is 15.5 Å². The number of thiophene rings is 1. The maximum absolute atomic E-state index is 11.9. The Morgan fingerprint density at radius 2 is 1.82 bits per heavy atom. The second kappa shape index (κ2) is 9.80. The molecule has 7 nitrogen and oxygen atoms in total. The molecule has 28 heavy (non-hydrogen) atoms. The number of hydrogen-bond donors (Lipinski definition) is 3. The molecule has 2 heterocycles. The van der Waals surface area contributed by atoms with Crippen LogP contribution in [-0.2, 0) is 4.79 Å². The molecule has 1 amide bonds. The quantitative estimate of drug-likeness (QED) is 0.360. The molecule has 0 unspecified atom stereocenters. The lowest BCUT2D eigenvalue weighted by Crippen LogP contribution is -2.25. The summed E-state index contributed by atoms with van der Waals surface area (Å²) in [5, 5.41) is 15.8. The number of amides is 1. The normalized spacial score (nSPS) is 10.7. The molecule has 0 aliphatic carbocycles. The Bertz CT molecular complexity index is 998. The first-order valence-corrected chi connectivity index (χ1v) is 10.1. The van der Waals surface area contributed by atoms with Crippen molar-refractivity contribution in [3.63, 3.8) is 0 Å². The number of aromatic nitrogens is 2. The third-order valence-corrected chi connectivity index (χ3v) is 5.18. The van der Waals surface area contributed by atoms with Gasteiger partial charge in [0.1, 0.15) is 0 Å². The van der Waals surface area contributed by atoms with Crippen LogP contribution in [0.1, 0.15) is 35.4 Å². The number of benzene rings is 1. The van der Waals surface area contributed by atoms with Crippen LogP contribution in [0.4, 0.5) is 5.82 Å². The number of ketones is 1. The molecule has 3 N–H and O–H groups in total. The van der Waals surface area contributed by atoms with E-state index in [1.807, 2.05) is 29.6 Å². The molecule has 8 heteroatoms. The van der Waals surface area contributed by atoms with Crippen molar-refractivity contribution in [1.29, 1.82) is 0 Å². The summed E-state index contributed by atoms with van der Waals surface area (Å²) in [5.74, 6) is 0.660. The Hall–Kier alpha value is -3.00. The van der Waals surface area contributed by atoms with Gasteiger partial charge in [0.15, 0.2) is 11.6 Å². The molecule has 0 atom stereocenters. The number of nitrogens with one attached hydrogen (secondary N) is 3. The lowest BCUT2D eigenvalue weighted by Gasteiger charge is -2.09. The summed E-state index contributed by atoms with van der Waals surface area (Å²) in [4.78, 5) is 36.3. The van der Waals surface area contributed by atoms with Gasteiger partial charge >= 0.3 is 0 Å². The number of Topliss-reactive ketones (excluding diaryl/α,β-unsaturated/α-hetero) is 1. The Balaban J connectivity index is 1.34. The molecule has 3 rings (SSSR count). The van der Waals surface area contributed by atoms with Gasteiger partial charge in [-0.25, -0.2) is 5.10 Å². The molecule has 3 aromatic rings. The second-order valence-electron chi connectivity index (χ2n) is 6.33. The van der Waals surface area contributed by atoms with Gasteiger partial charge in [0.05, 0.1) is 10.3 Å². The van der Waals surface area contributed by atoms with Crippen LogP contribution >= 0.6 is 11.3 Å². The minimum Gasteiger partial charge on any atom is -0.368 e. The summed E-state index contributed by atoms with van der Waals surface area (Å²) < 4.78 is 0. The van der Waals surface area contributed by atoms with Crippen LogP contribution in [0.3, 0.4) is 0 Å². The Morgan fingerprint density at radius 1 is 1.00 bits per heavy atom. The lowest BCUT2D eigenvalue weighted by atomic mass is 10.1. The number of H-pyrrole nitrogens is 1. The van der Waals surface area contributed by atoms with Crippen LogP contribution in [0.2, 0.25) is 0 Å². The molecule has 2 aromatic heterocycles. The second-order valence-corrected chi connectivity index (χ2v) is 7.28. The summed E-state index contributed by atoms with van der Waals surface area (Å²) >= 11 is 1.43. The molecule has 0 fully saturated rings. The molecule has 0 aliphatic rings. The molecule has 0 bridgehead atoms. The van der Waals surface area contributed by atoms with Crippen molar-refractivity contribution in [2.45, 2.75) is 25.7 Å². The predicted molar refractivity (Wildman–Crippen MR) is 111 cm³/mol. The summed E-state index contributed by atoms with van der Waals surface area (Å²) in [6.45, 7) is 1.15. The van der Waals surface area contributed by atoms with E-state index in [2.05, 4.69) is 20.8 Å². The van der Waals surface area contributed by atoms with Crippen LogP contribution in [0.25, 0.3) is 10.8 Å². The van der Waals surface area contributed by atoms with Gasteiger partial charge in [-0.15, -0.1) is 11.3 Å². The summed E-state index contributed by atoms with van der Waals surface area (Å²) in [6.07, 6.45) is 2.00. The summed E-state index contributed by atoms with van der Waals surface area (Å²) in [5.41, 5.74) is -0.217. The zero-order valence-electron chi connectivity index (χ0n) is 15.4. The Labute approximate surface area is 166 Å². The van der Waals surface area contributed by atoms with Crippen molar-refractivity contribution in [3.05, 3.63) is 57.0 Å². The highest BCUT2D eigenvalue weighted by Crippen LogP contribution is 2.16. The Kier molecular flexibility index (Phi) is 6.91. The SMILES string of the molecule is O=C(CCCC(=O)c1cccs1)NCCCNc1n[nH]c(=O)c2ccccc12. The van der Waals surface area contributed by atoms with E-state index in [0.29, 0.717) is 43.6 Å². The molecule has 0 saturated heterocycles. The number of nitrogens with zero attached hydrogens (tertiary/aromatic N) is 1. The first-order chi connectivity index (χ1) is 13.6. The molecular formula is C20H22N4O3S. The molecule has 0 spiro atoms. The van der Waals surface area contributed by atoms with Crippen LogP contribution < -0.4 is 16.2 Å². The zero-order valence-corrected chi connectivity index (χ0v) is 16.2. The molecule has 1 aromatic carbocycles. The van der Waals surface area contributed by atoms with Crippen LogP contribution in [-0.4, -0.2) is 35.0 Å². The third-order valence-electron chi connectivity index (χ3n) is 4.27. The summed E-state index contributed by atoms with van der Waals surface area (Å²) in [6, 6.07) is 10.9. The number of carbonyl (C=O) groups is 2. The molecule has 146 valence electrons. The average Bonchev–Trinajstić information content (AvgIpc) is 3.24. The van der Waals surface area contributed by atoms with Gasteiger partial charge in [0.2, 0.25) is 5.91 Å². The number of anilines is 1. The van der Waals surface area contributed by atoms with Gasteiger partial charge in [-0.1, -0.05) is 24.3 Å². The van der Waals surface area contributed by atoms with Crippen molar-refractivity contribution in [2.24, 2.45) is 0 Å². The molecule has 0 aliphatic heterocycles. The van der Waals surface area contributed by atoms with E-state index in [-0.39, 0.29) is 17.2 Å². The van der Waals surface area contributed by atoms with Crippen LogP contribution in [0.15, 0.2) is 46.6 Å².